The summed E-state index contributed by atoms with van der Waals surface area (Å²) in [5, 5.41) is 16.9. The SMILES string of the molecule is CCN(CC)CCOc1c(C)c(F)c2c(-c3ccc(O)c(Cl)c3)nc3[nH]ncc3c2c1F. The van der Waals surface area contributed by atoms with E-state index in [0.29, 0.717) is 23.1 Å². The van der Waals surface area contributed by atoms with Crippen LogP contribution in [0.4, 0.5) is 8.78 Å². The first-order valence-electron chi connectivity index (χ1n) is 10.4. The van der Waals surface area contributed by atoms with Gasteiger partial charge in [-0.25, -0.2) is 13.8 Å². The molecule has 4 aromatic rings. The average Bonchev–Trinajstić information content (AvgIpc) is 3.26. The molecule has 2 aromatic heterocycles. The largest absolute Gasteiger partial charge is 0.506 e. The predicted octanol–water partition coefficient (Wildman–Crippen LogP) is 5.44. The van der Waals surface area contributed by atoms with Crippen molar-refractivity contribution < 1.29 is 18.6 Å². The third kappa shape index (κ3) is 3.73. The van der Waals surface area contributed by atoms with E-state index < -0.39 is 11.6 Å². The van der Waals surface area contributed by atoms with Gasteiger partial charge in [-0.15, -0.1) is 0 Å². The highest BCUT2D eigenvalue weighted by Crippen LogP contribution is 2.41. The van der Waals surface area contributed by atoms with Gasteiger partial charge in [-0.2, -0.15) is 5.10 Å². The first-order valence-corrected chi connectivity index (χ1v) is 10.7. The number of phenolic OH excluding ortho intramolecular Hbond substituents is 1. The number of hydrogen-bond donors (Lipinski definition) is 2. The van der Waals surface area contributed by atoms with Crippen molar-refractivity contribution in [2.45, 2.75) is 20.8 Å². The minimum atomic E-state index is -0.668. The molecule has 32 heavy (non-hydrogen) atoms. The van der Waals surface area contributed by atoms with Gasteiger partial charge in [0.05, 0.1) is 16.9 Å². The number of rotatable bonds is 7. The zero-order chi connectivity index (χ0) is 23.0. The molecule has 0 aliphatic carbocycles. The van der Waals surface area contributed by atoms with Gasteiger partial charge in [-0.1, -0.05) is 25.4 Å². The van der Waals surface area contributed by atoms with E-state index in [4.69, 9.17) is 16.3 Å². The Bertz CT molecular complexity index is 1300. The summed E-state index contributed by atoms with van der Waals surface area (Å²) >= 11 is 6.06. The number of fused-ring (bicyclic) bond motifs is 3. The number of H-pyrrole nitrogens is 1. The molecule has 0 saturated heterocycles. The van der Waals surface area contributed by atoms with Crippen molar-refractivity contribution in [1.82, 2.24) is 20.1 Å². The van der Waals surface area contributed by atoms with Crippen LogP contribution in [-0.2, 0) is 0 Å². The number of phenols is 1. The Morgan fingerprint density at radius 3 is 2.59 bits per heavy atom. The molecule has 2 N–H and O–H groups in total. The Morgan fingerprint density at radius 1 is 1.16 bits per heavy atom. The minimum Gasteiger partial charge on any atom is -0.506 e. The lowest BCUT2D eigenvalue weighted by atomic mass is 9.98. The number of halogens is 3. The summed E-state index contributed by atoms with van der Waals surface area (Å²) in [6, 6.07) is 4.39. The topological polar surface area (TPSA) is 74.3 Å². The van der Waals surface area contributed by atoms with Gasteiger partial charge in [0.2, 0.25) is 0 Å². The van der Waals surface area contributed by atoms with Crippen molar-refractivity contribution in [3.8, 4) is 22.8 Å². The summed E-state index contributed by atoms with van der Waals surface area (Å²) in [5.74, 6) is -1.54. The first kappa shape index (κ1) is 22.2. The second-order valence-corrected chi connectivity index (χ2v) is 7.87. The maximum absolute atomic E-state index is 15.8. The van der Waals surface area contributed by atoms with Gasteiger partial charge in [0.15, 0.2) is 17.2 Å². The number of nitrogens with one attached hydrogen (secondary N) is 1. The Labute approximate surface area is 188 Å². The van der Waals surface area contributed by atoms with Gasteiger partial charge in [0.25, 0.3) is 0 Å². The number of aromatic nitrogens is 3. The monoisotopic (exact) mass is 460 g/mol. The normalized spacial score (nSPS) is 11.7. The van der Waals surface area contributed by atoms with Crippen molar-refractivity contribution in [3.63, 3.8) is 0 Å². The molecule has 0 saturated carbocycles. The summed E-state index contributed by atoms with van der Waals surface area (Å²) in [6.07, 6.45) is 1.41. The molecule has 2 heterocycles. The van der Waals surface area contributed by atoms with Crippen molar-refractivity contribution in [1.29, 1.82) is 0 Å². The molecule has 4 rings (SSSR count). The van der Waals surface area contributed by atoms with Crippen molar-refractivity contribution >= 4 is 33.4 Å². The summed E-state index contributed by atoms with van der Waals surface area (Å²) in [7, 11) is 0. The van der Waals surface area contributed by atoms with E-state index in [1.165, 1.54) is 25.3 Å². The van der Waals surface area contributed by atoms with E-state index in [2.05, 4.69) is 20.1 Å². The number of nitrogens with zero attached hydrogens (tertiary/aromatic N) is 3. The maximum Gasteiger partial charge on any atom is 0.174 e. The van der Waals surface area contributed by atoms with Crippen LogP contribution in [0.1, 0.15) is 19.4 Å². The highest BCUT2D eigenvalue weighted by Gasteiger charge is 2.25. The van der Waals surface area contributed by atoms with Crippen LogP contribution in [0.25, 0.3) is 33.1 Å². The maximum atomic E-state index is 15.8. The molecule has 0 amide bonds. The zero-order valence-electron chi connectivity index (χ0n) is 18.0. The zero-order valence-corrected chi connectivity index (χ0v) is 18.7. The first-order chi connectivity index (χ1) is 15.4. The summed E-state index contributed by atoms with van der Waals surface area (Å²) in [4.78, 5) is 6.61. The van der Waals surface area contributed by atoms with E-state index >= 15 is 8.78 Å². The fourth-order valence-corrected chi connectivity index (χ4v) is 4.01. The number of pyridine rings is 1. The second kappa shape index (κ2) is 8.88. The smallest absolute Gasteiger partial charge is 0.174 e. The Kier molecular flexibility index (Phi) is 6.17. The van der Waals surface area contributed by atoms with Crippen molar-refractivity contribution in [2.75, 3.05) is 26.2 Å². The van der Waals surface area contributed by atoms with Crippen LogP contribution in [0.2, 0.25) is 5.02 Å². The van der Waals surface area contributed by atoms with Gasteiger partial charge in [0.1, 0.15) is 18.2 Å². The lowest BCUT2D eigenvalue weighted by molar-refractivity contribution is 0.216. The summed E-state index contributed by atoms with van der Waals surface area (Å²) in [6.45, 7) is 8.05. The number of aromatic hydroxyl groups is 1. The van der Waals surface area contributed by atoms with Crippen LogP contribution in [-0.4, -0.2) is 51.4 Å². The molecule has 0 atom stereocenters. The van der Waals surface area contributed by atoms with Gasteiger partial charge in [-0.05, 0) is 38.2 Å². The highest BCUT2D eigenvalue weighted by molar-refractivity contribution is 6.32. The third-order valence-corrected chi connectivity index (χ3v) is 5.98. The molecular weight excluding hydrogens is 438 g/mol. The van der Waals surface area contributed by atoms with E-state index in [-0.39, 0.29) is 45.2 Å². The molecule has 0 bridgehead atoms. The van der Waals surface area contributed by atoms with Crippen LogP contribution in [0.3, 0.4) is 0 Å². The standard InChI is InChI=1S/C23H23ClF2N4O2/c1-4-30(5-2)8-9-32-22-12(3)19(25)18-17(20(22)26)14-11-27-29-23(14)28-21(18)13-6-7-16(31)15(24)10-13/h6-7,10-11,31H,4-5,8-9H2,1-3H3,(H,27,28,29). The molecule has 168 valence electrons. The molecule has 0 aliphatic rings. The fraction of sp³-hybridized carbons (Fsp3) is 0.304. The molecule has 2 aromatic carbocycles. The van der Waals surface area contributed by atoms with E-state index in [9.17, 15) is 5.11 Å². The van der Waals surface area contributed by atoms with Gasteiger partial charge in [0, 0.05) is 33.8 Å². The molecule has 0 fully saturated rings. The molecular formula is C23H23ClF2N4O2. The molecule has 0 spiro atoms. The summed E-state index contributed by atoms with van der Waals surface area (Å²) < 4.78 is 37.2. The van der Waals surface area contributed by atoms with E-state index in [0.717, 1.165) is 13.1 Å². The average molecular weight is 461 g/mol. The number of hydrogen-bond acceptors (Lipinski definition) is 5. The Morgan fingerprint density at radius 2 is 1.91 bits per heavy atom. The van der Waals surface area contributed by atoms with Gasteiger partial charge >= 0.3 is 0 Å². The lowest BCUT2D eigenvalue weighted by Crippen LogP contribution is -2.28. The molecule has 9 heteroatoms. The van der Waals surface area contributed by atoms with E-state index in [1.807, 2.05) is 13.8 Å². The molecule has 0 aliphatic heterocycles. The van der Waals surface area contributed by atoms with Crippen LogP contribution >= 0.6 is 11.6 Å². The van der Waals surface area contributed by atoms with E-state index in [1.54, 1.807) is 6.07 Å². The highest BCUT2D eigenvalue weighted by atomic mass is 35.5. The van der Waals surface area contributed by atoms with Crippen LogP contribution in [0, 0.1) is 18.6 Å². The second-order valence-electron chi connectivity index (χ2n) is 7.47. The minimum absolute atomic E-state index is 0.00625. The molecule has 0 unspecified atom stereocenters. The van der Waals surface area contributed by atoms with Crippen molar-refractivity contribution in [2.24, 2.45) is 0 Å². The number of ether oxygens (including phenoxy) is 1. The van der Waals surface area contributed by atoms with Crippen LogP contribution in [0.5, 0.6) is 11.5 Å². The quantitative estimate of drug-likeness (QED) is 0.384. The number of benzene rings is 2. The Balaban J connectivity index is 1.93. The predicted molar refractivity (Wildman–Crippen MR) is 121 cm³/mol. The number of aromatic amines is 1. The molecule has 0 radical (unpaired) electrons. The number of likely N-dealkylation sites (N-methyl/N-ethyl adjacent to an activating group) is 1. The molecule has 6 nitrogen and oxygen atoms in total. The lowest BCUT2D eigenvalue weighted by Gasteiger charge is -2.20. The Hall–Kier alpha value is -2.97. The van der Waals surface area contributed by atoms with Crippen LogP contribution in [0.15, 0.2) is 24.4 Å². The third-order valence-electron chi connectivity index (χ3n) is 5.68. The summed E-state index contributed by atoms with van der Waals surface area (Å²) in [5.41, 5.74) is 0.980. The fourth-order valence-electron chi connectivity index (χ4n) is 3.83. The van der Waals surface area contributed by atoms with Crippen molar-refractivity contribution in [3.05, 3.63) is 46.6 Å². The van der Waals surface area contributed by atoms with Gasteiger partial charge in [-0.3, -0.25) is 5.10 Å². The van der Waals surface area contributed by atoms with Crippen LogP contribution < -0.4 is 4.74 Å². The van der Waals surface area contributed by atoms with Gasteiger partial charge < -0.3 is 14.7 Å².